The fraction of sp³-hybridized carbons (Fsp3) is 0.583. The van der Waals surface area contributed by atoms with E-state index in [0.717, 1.165) is 18.6 Å². The molecule has 1 heterocycles. The lowest BCUT2D eigenvalue weighted by Crippen LogP contribution is -2.31. The Hall–Kier alpha value is -0.960. The number of aryl methyl sites for hydroxylation is 1. The quantitative estimate of drug-likeness (QED) is 0.777. The van der Waals surface area contributed by atoms with Gasteiger partial charge in [-0.25, -0.2) is 0 Å². The lowest BCUT2D eigenvalue weighted by atomic mass is 10.1. The van der Waals surface area contributed by atoms with Crippen LogP contribution in [-0.2, 0) is 11.2 Å². The topological polar surface area (TPSA) is 42.2 Å². The molecule has 0 saturated heterocycles. The van der Waals surface area contributed by atoms with Crippen LogP contribution in [0.3, 0.4) is 0 Å². The van der Waals surface area contributed by atoms with Crippen molar-refractivity contribution in [3.8, 4) is 0 Å². The molecule has 0 radical (unpaired) electrons. The maximum absolute atomic E-state index is 11.5. The molecular formula is C12H16ClNO2. The summed E-state index contributed by atoms with van der Waals surface area (Å²) in [5.41, 5.74) is 0.196. The smallest absolute Gasteiger partial charge is 0.220 e. The number of halogens is 1. The number of hydrogen-bond acceptors (Lipinski definition) is 2. The van der Waals surface area contributed by atoms with Crippen LogP contribution in [-0.4, -0.2) is 18.3 Å². The van der Waals surface area contributed by atoms with Gasteiger partial charge in [-0.05, 0) is 25.0 Å². The molecule has 0 spiro atoms. The molecule has 1 aromatic rings. The van der Waals surface area contributed by atoms with E-state index in [1.165, 1.54) is 0 Å². The molecule has 1 N–H and O–H groups in total. The summed E-state index contributed by atoms with van der Waals surface area (Å²) in [6.07, 6.45) is 5.03. The standard InChI is InChI=1S/C12H16ClNO2/c13-8-12(5-6-12)9-14-11(15)4-3-10-2-1-7-16-10/h1-2,7H,3-6,8-9H2,(H,14,15). The van der Waals surface area contributed by atoms with E-state index in [-0.39, 0.29) is 11.3 Å². The molecule has 3 nitrogen and oxygen atoms in total. The highest BCUT2D eigenvalue weighted by Crippen LogP contribution is 2.45. The molecule has 1 amide bonds. The highest BCUT2D eigenvalue weighted by atomic mass is 35.5. The van der Waals surface area contributed by atoms with E-state index in [1.807, 2.05) is 12.1 Å². The Morgan fingerprint density at radius 3 is 2.94 bits per heavy atom. The van der Waals surface area contributed by atoms with Crippen molar-refractivity contribution in [3.63, 3.8) is 0 Å². The van der Waals surface area contributed by atoms with Crippen LogP contribution in [0.5, 0.6) is 0 Å². The number of furan rings is 1. The summed E-state index contributed by atoms with van der Waals surface area (Å²) in [6, 6.07) is 3.72. The molecule has 1 fully saturated rings. The van der Waals surface area contributed by atoms with Gasteiger partial charge in [0.1, 0.15) is 5.76 Å². The van der Waals surface area contributed by atoms with E-state index in [9.17, 15) is 4.79 Å². The Morgan fingerprint density at radius 1 is 1.56 bits per heavy atom. The van der Waals surface area contributed by atoms with Gasteiger partial charge in [-0.1, -0.05) is 0 Å². The van der Waals surface area contributed by atoms with Crippen molar-refractivity contribution >= 4 is 17.5 Å². The van der Waals surface area contributed by atoms with Crippen molar-refractivity contribution in [1.82, 2.24) is 5.32 Å². The van der Waals surface area contributed by atoms with Crippen molar-refractivity contribution < 1.29 is 9.21 Å². The Kier molecular flexibility index (Phi) is 3.54. The molecular weight excluding hydrogens is 226 g/mol. The zero-order chi connectivity index (χ0) is 11.4. The monoisotopic (exact) mass is 241 g/mol. The first kappa shape index (κ1) is 11.5. The Balaban J connectivity index is 1.65. The van der Waals surface area contributed by atoms with Gasteiger partial charge in [0.05, 0.1) is 6.26 Å². The molecule has 1 aliphatic rings. The van der Waals surface area contributed by atoms with E-state index in [0.29, 0.717) is 25.3 Å². The summed E-state index contributed by atoms with van der Waals surface area (Å²) >= 11 is 5.83. The lowest BCUT2D eigenvalue weighted by molar-refractivity contribution is -0.121. The molecule has 0 aliphatic heterocycles. The van der Waals surface area contributed by atoms with Gasteiger partial charge >= 0.3 is 0 Å². The van der Waals surface area contributed by atoms with Crippen molar-refractivity contribution in [1.29, 1.82) is 0 Å². The van der Waals surface area contributed by atoms with Crippen LogP contribution < -0.4 is 5.32 Å². The first-order chi connectivity index (χ1) is 7.74. The maximum Gasteiger partial charge on any atom is 0.220 e. The summed E-state index contributed by atoms with van der Waals surface area (Å²) in [4.78, 5) is 11.5. The third-order valence-corrected chi connectivity index (χ3v) is 3.65. The van der Waals surface area contributed by atoms with Gasteiger partial charge in [0.15, 0.2) is 0 Å². The molecule has 1 aliphatic carbocycles. The molecule has 1 saturated carbocycles. The first-order valence-electron chi connectivity index (χ1n) is 5.59. The van der Waals surface area contributed by atoms with Crippen molar-refractivity contribution in [2.45, 2.75) is 25.7 Å². The van der Waals surface area contributed by atoms with Crippen LogP contribution in [0.15, 0.2) is 22.8 Å². The number of carbonyl (C=O) groups excluding carboxylic acids is 1. The van der Waals surface area contributed by atoms with Crippen LogP contribution in [0.4, 0.5) is 0 Å². The minimum absolute atomic E-state index is 0.0767. The summed E-state index contributed by atoms with van der Waals surface area (Å²) in [5.74, 6) is 1.58. The van der Waals surface area contributed by atoms with Gasteiger partial charge in [0, 0.05) is 30.7 Å². The first-order valence-corrected chi connectivity index (χ1v) is 6.13. The third-order valence-electron chi connectivity index (χ3n) is 3.08. The van der Waals surface area contributed by atoms with Crippen LogP contribution in [0.2, 0.25) is 0 Å². The number of carbonyl (C=O) groups is 1. The maximum atomic E-state index is 11.5. The van der Waals surface area contributed by atoms with Crippen molar-refractivity contribution in [2.24, 2.45) is 5.41 Å². The van der Waals surface area contributed by atoms with E-state index in [4.69, 9.17) is 16.0 Å². The Morgan fingerprint density at radius 2 is 2.38 bits per heavy atom. The van der Waals surface area contributed by atoms with E-state index >= 15 is 0 Å². The van der Waals surface area contributed by atoms with Gasteiger partial charge < -0.3 is 9.73 Å². The van der Waals surface area contributed by atoms with Gasteiger partial charge in [-0.15, -0.1) is 11.6 Å². The largest absolute Gasteiger partial charge is 0.469 e. The molecule has 2 rings (SSSR count). The average Bonchev–Trinajstić information content (AvgIpc) is 2.90. The molecule has 88 valence electrons. The molecule has 0 aromatic carbocycles. The molecule has 0 bridgehead atoms. The predicted octanol–water partition coefficient (Wildman–Crippen LogP) is 2.35. The SMILES string of the molecule is O=C(CCc1ccco1)NCC1(CCl)CC1. The van der Waals surface area contributed by atoms with Gasteiger partial charge in [-0.2, -0.15) is 0 Å². The van der Waals surface area contributed by atoms with Crippen LogP contribution in [0, 0.1) is 5.41 Å². The number of amides is 1. The average molecular weight is 242 g/mol. The van der Waals surface area contributed by atoms with Gasteiger partial charge in [0.2, 0.25) is 5.91 Å². The summed E-state index contributed by atoms with van der Waals surface area (Å²) in [7, 11) is 0. The van der Waals surface area contributed by atoms with E-state index in [2.05, 4.69) is 5.32 Å². The Labute approximate surface area is 100 Å². The summed E-state index contributed by atoms with van der Waals surface area (Å²) in [5, 5.41) is 2.93. The molecule has 1 aromatic heterocycles. The fourth-order valence-corrected chi connectivity index (χ4v) is 1.96. The molecule has 0 unspecified atom stereocenters. The third kappa shape index (κ3) is 3.01. The zero-order valence-electron chi connectivity index (χ0n) is 9.17. The fourth-order valence-electron chi connectivity index (χ4n) is 1.60. The molecule has 4 heteroatoms. The van der Waals surface area contributed by atoms with E-state index in [1.54, 1.807) is 6.26 Å². The number of alkyl halides is 1. The Bertz CT molecular complexity index is 344. The van der Waals surface area contributed by atoms with Crippen LogP contribution in [0.1, 0.15) is 25.0 Å². The van der Waals surface area contributed by atoms with Crippen LogP contribution in [0.25, 0.3) is 0 Å². The second-order valence-electron chi connectivity index (χ2n) is 4.49. The summed E-state index contributed by atoms with van der Waals surface area (Å²) in [6.45, 7) is 0.716. The van der Waals surface area contributed by atoms with Crippen molar-refractivity contribution in [3.05, 3.63) is 24.2 Å². The van der Waals surface area contributed by atoms with Crippen LogP contribution >= 0.6 is 11.6 Å². The number of rotatable bonds is 6. The van der Waals surface area contributed by atoms with Gasteiger partial charge in [0.25, 0.3) is 0 Å². The highest BCUT2D eigenvalue weighted by Gasteiger charge is 2.41. The highest BCUT2D eigenvalue weighted by molar-refractivity contribution is 6.18. The molecule has 16 heavy (non-hydrogen) atoms. The summed E-state index contributed by atoms with van der Waals surface area (Å²) < 4.78 is 5.16. The second-order valence-corrected chi connectivity index (χ2v) is 4.76. The lowest BCUT2D eigenvalue weighted by Gasteiger charge is -2.11. The second kappa shape index (κ2) is 4.91. The number of hydrogen-bond donors (Lipinski definition) is 1. The minimum Gasteiger partial charge on any atom is -0.469 e. The minimum atomic E-state index is 0.0767. The van der Waals surface area contributed by atoms with E-state index < -0.39 is 0 Å². The normalized spacial score (nSPS) is 17.1. The predicted molar refractivity (Wildman–Crippen MR) is 62.4 cm³/mol. The zero-order valence-corrected chi connectivity index (χ0v) is 9.93. The van der Waals surface area contributed by atoms with Gasteiger partial charge in [-0.3, -0.25) is 4.79 Å². The number of nitrogens with one attached hydrogen (secondary N) is 1. The van der Waals surface area contributed by atoms with Crippen molar-refractivity contribution in [2.75, 3.05) is 12.4 Å². The molecule has 0 atom stereocenters.